The van der Waals surface area contributed by atoms with Crippen molar-refractivity contribution in [3.63, 3.8) is 0 Å². The van der Waals surface area contributed by atoms with Crippen molar-refractivity contribution in [3.05, 3.63) is 23.8 Å². The second-order valence-electron chi connectivity index (χ2n) is 6.08. The number of amidine groups is 1. The van der Waals surface area contributed by atoms with Crippen molar-refractivity contribution < 1.29 is 22.7 Å². The highest BCUT2D eigenvalue weighted by atomic mass is 32.2. The second-order valence-corrected chi connectivity index (χ2v) is 7.65. The fourth-order valence-electron chi connectivity index (χ4n) is 2.89. The van der Waals surface area contributed by atoms with Crippen molar-refractivity contribution in [2.24, 2.45) is 10.1 Å². The molecule has 0 bridgehead atoms. The van der Waals surface area contributed by atoms with E-state index in [1.54, 1.807) is 6.07 Å². The van der Waals surface area contributed by atoms with Gasteiger partial charge in [0.2, 0.25) is 0 Å². The Kier molecular flexibility index (Phi) is 4.51. The van der Waals surface area contributed by atoms with Crippen molar-refractivity contribution in [2.45, 2.75) is 43.6 Å². The molecule has 1 saturated heterocycles. The standard InChI is InChI=1S/C16H19N3O5S/c1-10(15(17)20)24-16(21)11-6-7-12-13(9-11)25(22,23)18-14-5-3-2-4-8-19(12)14/h6-7,9-10H,2-5,8H2,1H3,(H2,17,20)/t10-/m1/s1. The first-order valence-corrected chi connectivity index (χ1v) is 9.49. The topological polar surface area (TPSA) is 119 Å². The number of esters is 1. The van der Waals surface area contributed by atoms with Gasteiger partial charge in [-0.25, -0.2) is 4.79 Å². The summed E-state index contributed by atoms with van der Waals surface area (Å²) in [5.74, 6) is -1.05. The number of sulfonamides is 1. The summed E-state index contributed by atoms with van der Waals surface area (Å²) in [5.41, 5.74) is 5.62. The van der Waals surface area contributed by atoms with Crippen molar-refractivity contribution in [1.82, 2.24) is 0 Å². The minimum absolute atomic E-state index is 0.0284. The van der Waals surface area contributed by atoms with E-state index in [0.717, 1.165) is 19.3 Å². The van der Waals surface area contributed by atoms with E-state index in [4.69, 9.17) is 10.5 Å². The molecule has 25 heavy (non-hydrogen) atoms. The average molecular weight is 365 g/mol. The molecule has 2 aliphatic rings. The molecular formula is C16H19N3O5S. The van der Waals surface area contributed by atoms with Crippen LogP contribution in [0.4, 0.5) is 5.69 Å². The molecule has 1 amide bonds. The summed E-state index contributed by atoms with van der Waals surface area (Å²) in [6, 6.07) is 4.31. The van der Waals surface area contributed by atoms with Crippen LogP contribution in [0.3, 0.4) is 0 Å². The first kappa shape index (κ1) is 17.4. The molecule has 2 heterocycles. The molecule has 0 spiro atoms. The van der Waals surface area contributed by atoms with Crippen molar-refractivity contribution in [2.75, 3.05) is 11.4 Å². The minimum Gasteiger partial charge on any atom is -0.449 e. The number of anilines is 1. The third kappa shape index (κ3) is 3.37. The average Bonchev–Trinajstić information content (AvgIpc) is 2.79. The Morgan fingerprint density at radius 2 is 2.04 bits per heavy atom. The van der Waals surface area contributed by atoms with Crippen LogP contribution in [0.25, 0.3) is 0 Å². The monoisotopic (exact) mass is 365 g/mol. The lowest BCUT2D eigenvalue weighted by Crippen LogP contribution is -2.35. The van der Waals surface area contributed by atoms with Crippen molar-refractivity contribution in [3.8, 4) is 0 Å². The molecule has 0 radical (unpaired) electrons. The van der Waals surface area contributed by atoms with Crippen LogP contribution in [0.5, 0.6) is 0 Å². The van der Waals surface area contributed by atoms with E-state index in [2.05, 4.69) is 4.40 Å². The minimum atomic E-state index is -3.88. The van der Waals surface area contributed by atoms with Crippen LogP contribution in [0, 0.1) is 0 Å². The first-order valence-electron chi connectivity index (χ1n) is 8.05. The number of nitrogens with zero attached hydrogens (tertiary/aromatic N) is 2. The molecule has 0 saturated carbocycles. The van der Waals surface area contributed by atoms with Gasteiger partial charge in [0, 0.05) is 13.0 Å². The summed E-state index contributed by atoms with van der Waals surface area (Å²) >= 11 is 0. The van der Waals surface area contributed by atoms with Gasteiger partial charge in [-0.3, -0.25) is 4.79 Å². The molecular weight excluding hydrogens is 346 g/mol. The Bertz CT molecular complexity index is 863. The van der Waals surface area contributed by atoms with E-state index in [0.29, 0.717) is 24.5 Å². The van der Waals surface area contributed by atoms with Gasteiger partial charge in [0.15, 0.2) is 6.10 Å². The molecule has 0 aromatic heterocycles. The Morgan fingerprint density at radius 1 is 1.28 bits per heavy atom. The SMILES string of the molecule is C[C@@H](OC(=O)c1ccc2c(c1)S(=O)(=O)N=C1CCCCCN12)C(N)=O. The van der Waals surface area contributed by atoms with E-state index in [9.17, 15) is 18.0 Å². The second kappa shape index (κ2) is 6.47. The summed E-state index contributed by atoms with van der Waals surface area (Å²) < 4.78 is 33.9. The Morgan fingerprint density at radius 3 is 2.76 bits per heavy atom. The molecule has 1 atom stereocenters. The molecule has 0 unspecified atom stereocenters. The van der Waals surface area contributed by atoms with E-state index >= 15 is 0 Å². The maximum absolute atomic E-state index is 12.5. The molecule has 1 aromatic rings. The predicted molar refractivity (Wildman–Crippen MR) is 90.9 cm³/mol. The van der Waals surface area contributed by atoms with Crippen LogP contribution < -0.4 is 10.6 Å². The lowest BCUT2D eigenvalue weighted by atomic mass is 10.1. The largest absolute Gasteiger partial charge is 0.449 e. The zero-order valence-corrected chi connectivity index (χ0v) is 14.6. The quantitative estimate of drug-likeness (QED) is 0.804. The molecule has 2 aliphatic heterocycles. The summed E-state index contributed by atoms with van der Waals surface area (Å²) in [6.45, 7) is 2.03. The van der Waals surface area contributed by atoms with E-state index in [1.165, 1.54) is 19.1 Å². The van der Waals surface area contributed by atoms with E-state index < -0.39 is 28.0 Å². The van der Waals surface area contributed by atoms with Gasteiger partial charge in [-0.2, -0.15) is 8.42 Å². The highest BCUT2D eigenvalue weighted by molar-refractivity contribution is 7.90. The Balaban J connectivity index is 1.98. The number of benzene rings is 1. The van der Waals surface area contributed by atoms with Gasteiger partial charge in [-0.1, -0.05) is 6.42 Å². The van der Waals surface area contributed by atoms with Gasteiger partial charge in [-0.05, 0) is 38.0 Å². The number of primary amides is 1. The van der Waals surface area contributed by atoms with Crippen LogP contribution in [0.2, 0.25) is 0 Å². The van der Waals surface area contributed by atoms with Crippen LogP contribution in [0.1, 0.15) is 43.0 Å². The maximum atomic E-state index is 12.5. The van der Waals surface area contributed by atoms with Gasteiger partial charge in [0.05, 0.1) is 11.3 Å². The van der Waals surface area contributed by atoms with Gasteiger partial charge in [-0.15, -0.1) is 4.40 Å². The molecule has 1 fully saturated rings. The van der Waals surface area contributed by atoms with Gasteiger partial charge in [0.1, 0.15) is 10.7 Å². The number of carbonyl (C=O) groups is 2. The maximum Gasteiger partial charge on any atom is 0.338 e. The first-order chi connectivity index (χ1) is 11.8. The number of amides is 1. The Hall–Kier alpha value is -2.42. The number of hydrogen-bond donors (Lipinski definition) is 1. The lowest BCUT2D eigenvalue weighted by Gasteiger charge is -2.29. The van der Waals surface area contributed by atoms with E-state index in [1.807, 2.05) is 4.90 Å². The van der Waals surface area contributed by atoms with Gasteiger partial charge >= 0.3 is 5.97 Å². The number of ether oxygens (including phenoxy) is 1. The van der Waals surface area contributed by atoms with Gasteiger partial charge in [0.25, 0.3) is 15.9 Å². The number of nitrogens with two attached hydrogens (primary N) is 1. The Labute approximate surface area is 145 Å². The van der Waals surface area contributed by atoms with Crippen molar-refractivity contribution >= 4 is 33.4 Å². The predicted octanol–water partition coefficient (Wildman–Crippen LogP) is 1.20. The van der Waals surface area contributed by atoms with Crippen LogP contribution >= 0.6 is 0 Å². The molecule has 9 heteroatoms. The number of carbonyl (C=O) groups excluding carboxylic acids is 2. The highest BCUT2D eigenvalue weighted by Gasteiger charge is 2.32. The van der Waals surface area contributed by atoms with Crippen LogP contribution in [-0.4, -0.2) is 38.8 Å². The highest BCUT2D eigenvalue weighted by Crippen LogP contribution is 2.35. The number of rotatable bonds is 3. The summed E-state index contributed by atoms with van der Waals surface area (Å²) in [6.07, 6.45) is 2.36. The number of fused-ring (bicyclic) bond motifs is 3. The summed E-state index contributed by atoms with van der Waals surface area (Å²) in [4.78, 5) is 25.0. The fourth-order valence-corrected chi connectivity index (χ4v) is 4.18. The lowest BCUT2D eigenvalue weighted by molar-refractivity contribution is -0.125. The molecule has 134 valence electrons. The normalized spacial score (nSPS) is 19.7. The third-order valence-corrected chi connectivity index (χ3v) is 5.60. The van der Waals surface area contributed by atoms with Crippen LogP contribution in [-0.2, 0) is 19.6 Å². The number of hydrogen-bond acceptors (Lipinski definition) is 6. The zero-order valence-electron chi connectivity index (χ0n) is 13.8. The smallest absolute Gasteiger partial charge is 0.338 e. The fraction of sp³-hybridized carbons (Fsp3) is 0.438. The third-order valence-electron chi connectivity index (χ3n) is 4.27. The zero-order chi connectivity index (χ0) is 18.2. The summed E-state index contributed by atoms with van der Waals surface area (Å²) in [7, 11) is -3.88. The van der Waals surface area contributed by atoms with Gasteiger partial charge < -0.3 is 15.4 Å². The summed E-state index contributed by atoms with van der Waals surface area (Å²) in [5, 5.41) is 0. The van der Waals surface area contributed by atoms with Crippen molar-refractivity contribution in [1.29, 1.82) is 0 Å². The van der Waals surface area contributed by atoms with Crippen LogP contribution in [0.15, 0.2) is 27.5 Å². The molecule has 2 N–H and O–H groups in total. The molecule has 3 rings (SSSR count). The molecule has 0 aliphatic carbocycles. The van der Waals surface area contributed by atoms with E-state index in [-0.39, 0.29) is 10.5 Å². The molecule has 1 aromatic carbocycles. The molecule has 8 nitrogen and oxygen atoms in total.